The van der Waals surface area contributed by atoms with Gasteiger partial charge in [-0.1, -0.05) is 48.0 Å². The van der Waals surface area contributed by atoms with Crippen molar-refractivity contribution >= 4 is 17.6 Å². The van der Waals surface area contributed by atoms with E-state index in [9.17, 15) is 10.1 Å². The van der Waals surface area contributed by atoms with Gasteiger partial charge in [0.15, 0.2) is 5.41 Å². The van der Waals surface area contributed by atoms with Gasteiger partial charge in [0.05, 0.1) is 19.1 Å². The molecular formula is C20H14ClN3O3. The Morgan fingerprint density at radius 3 is 2.56 bits per heavy atom. The van der Waals surface area contributed by atoms with Gasteiger partial charge in [-0.15, -0.1) is 10.2 Å². The summed E-state index contributed by atoms with van der Waals surface area (Å²) < 4.78 is 10.7. The van der Waals surface area contributed by atoms with Crippen LogP contribution in [-0.4, -0.2) is 23.3 Å². The second-order valence-corrected chi connectivity index (χ2v) is 6.67. The zero-order valence-electron chi connectivity index (χ0n) is 14.3. The lowest BCUT2D eigenvalue weighted by atomic mass is 10.00. The van der Waals surface area contributed by atoms with Crippen LogP contribution in [0.1, 0.15) is 17.4 Å². The Bertz CT molecular complexity index is 1040. The maximum atomic E-state index is 12.4. The van der Waals surface area contributed by atoms with Crippen LogP contribution in [0.25, 0.3) is 11.5 Å². The molecule has 0 spiro atoms. The van der Waals surface area contributed by atoms with E-state index in [1.54, 1.807) is 24.3 Å². The third kappa shape index (κ3) is 2.59. The first kappa shape index (κ1) is 17.3. The van der Waals surface area contributed by atoms with E-state index in [2.05, 4.69) is 16.3 Å². The predicted molar refractivity (Wildman–Crippen MR) is 96.7 cm³/mol. The van der Waals surface area contributed by atoms with E-state index in [1.807, 2.05) is 30.3 Å². The maximum absolute atomic E-state index is 12.4. The third-order valence-electron chi connectivity index (χ3n) is 4.89. The molecule has 1 aliphatic carbocycles. The van der Waals surface area contributed by atoms with Crippen molar-refractivity contribution in [3.05, 3.63) is 71.1 Å². The van der Waals surface area contributed by atoms with Crippen LogP contribution in [0.15, 0.2) is 59.0 Å². The Morgan fingerprint density at radius 1 is 1.19 bits per heavy atom. The second-order valence-electron chi connectivity index (χ2n) is 6.26. The molecule has 134 valence electrons. The van der Waals surface area contributed by atoms with Crippen LogP contribution in [0, 0.1) is 17.2 Å². The second kappa shape index (κ2) is 6.53. The van der Waals surface area contributed by atoms with E-state index in [0.717, 1.165) is 5.56 Å². The summed E-state index contributed by atoms with van der Waals surface area (Å²) in [7, 11) is 1.29. The fourth-order valence-corrected chi connectivity index (χ4v) is 3.78. The molecular weight excluding hydrogens is 366 g/mol. The largest absolute Gasteiger partial charge is 0.469 e. The number of benzene rings is 2. The minimum Gasteiger partial charge on any atom is -0.469 e. The van der Waals surface area contributed by atoms with Gasteiger partial charge in [0, 0.05) is 16.5 Å². The van der Waals surface area contributed by atoms with Crippen molar-refractivity contribution in [2.45, 2.75) is 11.3 Å². The number of methoxy groups -OCH3 is 1. The number of nitriles is 1. The standard InChI is InChI=1S/C20H14ClN3O3/c1-26-18(25)16-15(13-9-5-6-10-14(13)21)20(16,11-22)19-24-23-17(27-19)12-7-3-2-4-8-12/h2-10,15-16H,1H3/t15-,16+,20+/m1/s1. The Kier molecular flexibility index (Phi) is 4.17. The number of carbonyl (C=O) groups is 1. The molecule has 7 heteroatoms. The van der Waals surface area contributed by atoms with Gasteiger partial charge in [-0.25, -0.2) is 0 Å². The molecule has 1 aliphatic rings. The van der Waals surface area contributed by atoms with E-state index in [0.29, 0.717) is 10.6 Å². The Hall–Kier alpha value is -3.17. The van der Waals surface area contributed by atoms with Gasteiger partial charge in [0.25, 0.3) is 0 Å². The summed E-state index contributed by atoms with van der Waals surface area (Å²) in [6.45, 7) is 0. The Balaban J connectivity index is 1.81. The molecule has 3 aromatic rings. The summed E-state index contributed by atoms with van der Waals surface area (Å²) in [5, 5.41) is 18.6. The lowest BCUT2D eigenvalue weighted by Gasteiger charge is -2.05. The van der Waals surface area contributed by atoms with Gasteiger partial charge in [-0.05, 0) is 23.8 Å². The van der Waals surface area contributed by atoms with E-state index < -0.39 is 23.2 Å². The van der Waals surface area contributed by atoms with Crippen molar-refractivity contribution in [3.8, 4) is 17.5 Å². The molecule has 0 aliphatic heterocycles. The first-order valence-electron chi connectivity index (χ1n) is 8.26. The van der Waals surface area contributed by atoms with Gasteiger partial charge >= 0.3 is 5.97 Å². The Morgan fingerprint density at radius 2 is 1.89 bits per heavy atom. The topological polar surface area (TPSA) is 89.0 Å². The monoisotopic (exact) mass is 379 g/mol. The van der Waals surface area contributed by atoms with Crippen LogP contribution >= 0.6 is 11.6 Å². The third-order valence-corrected chi connectivity index (χ3v) is 5.23. The number of aromatic nitrogens is 2. The molecule has 3 atom stereocenters. The zero-order valence-corrected chi connectivity index (χ0v) is 15.1. The van der Waals surface area contributed by atoms with Crippen molar-refractivity contribution in [1.82, 2.24) is 10.2 Å². The van der Waals surface area contributed by atoms with Crippen molar-refractivity contribution in [3.63, 3.8) is 0 Å². The fraction of sp³-hybridized carbons (Fsp3) is 0.200. The van der Waals surface area contributed by atoms with E-state index in [1.165, 1.54) is 7.11 Å². The summed E-state index contributed by atoms with van der Waals surface area (Å²) >= 11 is 6.32. The molecule has 27 heavy (non-hydrogen) atoms. The molecule has 6 nitrogen and oxygen atoms in total. The number of carbonyl (C=O) groups excluding carboxylic acids is 1. The smallest absolute Gasteiger partial charge is 0.311 e. The molecule has 0 saturated heterocycles. The molecule has 1 fully saturated rings. The van der Waals surface area contributed by atoms with Crippen LogP contribution in [0.5, 0.6) is 0 Å². The number of esters is 1. The van der Waals surface area contributed by atoms with Crippen molar-refractivity contribution < 1.29 is 13.9 Å². The van der Waals surface area contributed by atoms with Gasteiger partial charge in [0.2, 0.25) is 11.8 Å². The number of hydrogen-bond donors (Lipinski definition) is 0. The molecule has 0 amide bonds. The van der Waals surface area contributed by atoms with Gasteiger partial charge in [0.1, 0.15) is 0 Å². The molecule has 2 aromatic carbocycles. The quantitative estimate of drug-likeness (QED) is 0.641. The summed E-state index contributed by atoms with van der Waals surface area (Å²) in [4.78, 5) is 12.4. The number of hydrogen-bond acceptors (Lipinski definition) is 6. The minimum atomic E-state index is -1.31. The minimum absolute atomic E-state index is 0.0872. The highest BCUT2D eigenvalue weighted by atomic mass is 35.5. The molecule has 1 heterocycles. The summed E-state index contributed by atoms with van der Waals surface area (Å²) in [5.74, 6) is -1.43. The van der Waals surface area contributed by atoms with Crippen LogP contribution in [0.3, 0.4) is 0 Å². The fourth-order valence-electron chi connectivity index (χ4n) is 3.53. The van der Waals surface area contributed by atoms with Crippen LogP contribution in [0.4, 0.5) is 0 Å². The molecule has 0 N–H and O–H groups in total. The normalized spacial score (nSPS) is 23.4. The maximum Gasteiger partial charge on any atom is 0.311 e. The van der Waals surface area contributed by atoms with Gasteiger partial charge < -0.3 is 9.15 Å². The Labute approximate surface area is 160 Å². The summed E-state index contributed by atoms with van der Waals surface area (Å²) in [6.07, 6.45) is 0. The average molecular weight is 380 g/mol. The lowest BCUT2D eigenvalue weighted by Crippen LogP contribution is -2.15. The first-order chi connectivity index (χ1) is 13.1. The highest BCUT2D eigenvalue weighted by molar-refractivity contribution is 6.31. The van der Waals surface area contributed by atoms with Crippen LogP contribution in [0.2, 0.25) is 5.02 Å². The van der Waals surface area contributed by atoms with Crippen molar-refractivity contribution in [2.75, 3.05) is 7.11 Å². The van der Waals surface area contributed by atoms with Crippen molar-refractivity contribution in [1.29, 1.82) is 5.26 Å². The molecule has 0 radical (unpaired) electrons. The number of rotatable bonds is 4. The van der Waals surface area contributed by atoms with E-state index >= 15 is 0 Å². The summed E-state index contributed by atoms with van der Waals surface area (Å²) in [5.41, 5.74) is 0.0995. The molecule has 0 bridgehead atoms. The number of nitrogens with zero attached hydrogens (tertiary/aromatic N) is 3. The summed E-state index contributed by atoms with van der Waals surface area (Å²) in [6, 6.07) is 18.5. The van der Waals surface area contributed by atoms with Gasteiger partial charge in [-0.3, -0.25) is 4.79 Å². The van der Waals surface area contributed by atoms with E-state index in [4.69, 9.17) is 20.8 Å². The molecule has 0 unspecified atom stereocenters. The van der Waals surface area contributed by atoms with Crippen LogP contribution in [-0.2, 0) is 14.9 Å². The number of halogens is 1. The first-order valence-corrected chi connectivity index (χ1v) is 8.64. The van der Waals surface area contributed by atoms with Gasteiger partial charge in [-0.2, -0.15) is 5.26 Å². The lowest BCUT2D eigenvalue weighted by molar-refractivity contribution is -0.142. The number of ether oxygens (including phenoxy) is 1. The SMILES string of the molecule is COC(=O)[C@@H]1[C@@H](c2ccccc2Cl)[C@]1(C#N)c1nnc(-c2ccccc2)o1. The van der Waals surface area contributed by atoms with E-state index in [-0.39, 0.29) is 11.8 Å². The predicted octanol–water partition coefficient (Wildman–Crippen LogP) is 3.74. The average Bonchev–Trinajstić information content (AvgIpc) is 3.13. The highest BCUT2D eigenvalue weighted by Gasteiger charge is 2.75. The molecule has 4 rings (SSSR count). The van der Waals surface area contributed by atoms with Crippen LogP contribution < -0.4 is 0 Å². The molecule has 1 aromatic heterocycles. The van der Waals surface area contributed by atoms with Crippen molar-refractivity contribution in [2.24, 2.45) is 5.92 Å². The highest BCUT2D eigenvalue weighted by Crippen LogP contribution is 2.66. The molecule has 1 saturated carbocycles. The zero-order chi connectivity index (χ0) is 19.0.